The van der Waals surface area contributed by atoms with Crippen molar-refractivity contribution in [3.63, 3.8) is 0 Å². The average molecular weight is 545 g/mol. The molecule has 0 amide bonds. The highest BCUT2D eigenvalue weighted by Crippen LogP contribution is 2.54. The molecular formula is C33H37O5P. The molecule has 0 atom stereocenters. The summed E-state index contributed by atoms with van der Waals surface area (Å²) in [7, 11) is -4.03. The zero-order chi connectivity index (χ0) is 28.0. The Balaban J connectivity index is 2.07. The van der Waals surface area contributed by atoms with E-state index in [-0.39, 0.29) is 30.4 Å². The zero-order valence-electron chi connectivity index (χ0n) is 23.0. The smallest absolute Gasteiger partial charge is 0.365 e. The van der Waals surface area contributed by atoms with Crippen molar-refractivity contribution in [2.75, 3.05) is 13.2 Å². The molecule has 0 aliphatic heterocycles. The first-order valence-electron chi connectivity index (χ1n) is 13.3. The number of hydrogen-bond acceptors (Lipinski definition) is 5. The molecule has 0 aromatic heterocycles. The molecule has 0 unspecified atom stereocenters. The minimum absolute atomic E-state index is 0.0500. The standard InChI is InChI=1S/C33H37O5P/c1-24(2)22-37-39(36,38-23-25(3)4)31-21-29(20-30(34)32(31)35)33(26-14-8-5-9-15-26,27-16-10-6-11-17-27)28-18-12-7-13-19-28/h5-21,24-25,34-35H,22-23H2,1-4H3. The second-order valence-corrected chi connectivity index (χ2v) is 12.6. The van der Waals surface area contributed by atoms with Crippen molar-refractivity contribution in [2.24, 2.45) is 11.8 Å². The van der Waals surface area contributed by atoms with Crippen LogP contribution in [0.3, 0.4) is 0 Å². The molecule has 204 valence electrons. The number of benzene rings is 4. The molecule has 0 radical (unpaired) electrons. The summed E-state index contributed by atoms with van der Waals surface area (Å²) in [5.41, 5.74) is 2.54. The average Bonchev–Trinajstić information content (AvgIpc) is 2.95. The summed E-state index contributed by atoms with van der Waals surface area (Å²) in [6.45, 7) is 8.14. The number of aromatic hydroxyl groups is 2. The SMILES string of the molecule is CC(C)COP(=O)(OCC(C)C)c1cc(C(c2ccccc2)(c2ccccc2)c2ccccc2)cc(O)c1O. The van der Waals surface area contributed by atoms with Crippen molar-refractivity contribution < 1.29 is 23.8 Å². The summed E-state index contributed by atoms with van der Waals surface area (Å²) < 4.78 is 26.2. The van der Waals surface area contributed by atoms with Crippen LogP contribution in [0.5, 0.6) is 11.5 Å². The maximum absolute atomic E-state index is 14.4. The summed E-state index contributed by atoms with van der Waals surface area (Å²) in [6, 6.07) is 33.1. The molecule has 0 aliphatic carbocycles. The Morgan fingerprint density at radius 2 is 1.03 bits per heavy atom. The van der Waals surface area contributed by atoms with Gasteiger partial charge in [-0.05, 0) is 46.2 Å². The van der Waals surface area contributed by atoms with E-state index in [2.05, 4.69) is 0 Å². The molecule has 4 rings (SSSR count). The summed E-state index contributed by atoms with van der Waals surface area (Å²) in [4.78, 5) is 0. The van der Waals surface area contributed by atoms with Gasteiger partial charge in [0.15, 0.2) is 11.5 Å². The lowest BCUT2D eigenvalue weighted by Gasteiger charge is -2.37. The Bertz CT molecular complexity index is 1290. The van der Waals surface area contributed by atoms with Crippen molar-refractivity contribution in [3.05, 3.63) is 125 Å². The minimum atomic E-state index is -4.03. The van der Waals surface area contributed by atoms with Gasteiger partial charge in [-0.2, -0.15) is 0 Å². The molecule has 5 nitrogen and oxygen atoms in total. The van der Waals surface area contributed by atoms with Gasteiger partial charge >= 0.3 is 7.60 Å². The second-order valence-electron chi connectivity index (χ2n) is 10.6. The van der Waals surface area contributed by atoms with E-state index in [0.29, 0.717) is 5.56 Å². The monoisotopic (exact) mass is 544 g/mol. The number of rotatable bonds is 11. The first kappa shape index (κ1) is 28.6. The molecule has 4 aromatic carbocycles. The van der Waals surface area contributed by atoms with Gasteiger partial charge in [0.05, 0.1) is 18.6 Å². The molecule has 0 saturated heterocycles. The Hall–Kier alpha value is -3.37. The molecule has 0 aliphatic rings. The molecule has 0 bridgehead atoms. The summed E-state index contributed by atoms with van der Waals surface area (Å²) in [5, 5.41) is 22.2. The van der Waals surface area contributed by atoms with Crippen LogP contribution in [0.2, 0.25) is 0 Å². The predicted molar refractivity (Wildman–Crippen MR) is 157 cm³/mol. The van der Waals surface area contributed by atoms with Crippen LogP contribution < -0.4 is 5.30 Å². The van der Waals surface area contributed by atoms with Crippen LogP contribution in [0, 0.1) is 11.8 Å². The fourth-order valence-electron chi connectivity index (χ4n) is 4.76. The molecule has 4 aromatic rings. The summed E-state index contributed by atoms with van der Waals surface area (Å²) in [6.07, 6.45) is 0. The number of phenolic OH excluding ortho intramolecular Hbond substituents is 2. The number of phenols is 2. The Labute approximate surface area is 231 Å². The van der Waals surface area contributed by atoms with Crippen molar-refractivity contribution in [1.29, 1.82) is 0 Å². The van der Waals surface area contributed by atoms with Crippen LogP contribution >= 0.6 is 7.60 Å². The zero-order valence-corrected chi connectivity index (χ0v) is 23.8. The maximum atomic E-state index is 14.4. The summed E-state index contributed by atoms with van der Waals surface area (Å²) >= 11 is 0. The lowest BCUT2D eigenvalue weighted by Crippen LogP contribution is -2.32. The van der Waals surface area contributed by atoms with Gasteiger partial charge in [0.25, 0.3) is 0 Å². The highest BCUT2D eigenvalue weighted by molar-refractivity contribution is 7.62. The highest BCUT2D eigenvalue weighted by atomic mass is 31.2. The Morgan fingerprint density at radius 3 is 1.38 bits per heavy atom. The van der Waals surface area contributed by atoms with Gasteiger partial charge in [-0.1, -0.05) is 119 Å². The van der Waals surface area contributed by atoms with E-state index in [0.717, 1.165) is 16.7 Å². The molecule has 0 saturated carbocycles. The van der Waals surface area contributed by atoms with Gasteiger partial charge in [-0.3, -0.25) is 4.57 Å². The van der Waals surface area contributed by atoms with Gasteiger partial charge in [-0.15, -0.1) is 0 Å². The van der Waals surface area contributed by atoms with E-state index in [9.17, 15) is 14.8 Å². The number of hydrogen-bond donors (Lipinski definition) is 2. The fraction of sp³-hybridized carbons (Fsp3) is 0.273. The van der Waals surface area contributed by atoms with Crippen molar-refractivity contribution >= 4 is 12.9 Å². The van der Waals surface area contributed by atoms with Crippen LogP contribution in [0.25, 0.3) is 0 Å². The summed E-state index contributed by atoms with van der Waals surface area (Å²) in [5.74, 6) is -0.734. The Kier molecular flexibility index (Phi) is 8.97. The maximum Gasteiger partial charge on any atom is 0.365 e. The first-order valence-corrected chi connectivity index (χ1v) is 14.9. The van der Waals surface area contributed by atoms with Crippen LogP contribution in [0.4, 0.5) is 0 Å². The lowest BCUT2D eigenvalue weighted by molar-refractivity contribution is 0.180. The quantitative estimate of drug-likeness (QED) is 0.115. The van der Waals surface area contributed by atoms with E-state index < -0.39 is 24.5 Å². The van der Waals surface area contributed by atoms with Gasteiger partial charge < -0.3 is 19.3 Å². The van der Waals surface area contributed by atoms with Crippen LogP contribution in [0.15, 0.2) is 103 Å². The largest absolute Gasteiger partial charge is 0.504 e. The molecule has 0 heterocycles. The molecule has 39 heavy (non-hydrogen) atoms. The molecule has 2 N–H and O–H groups in total. The van der Waals surface area contributed by atoms with Crippen molar-refractivity contribution in [2.45, 2.75) is 33.1 Å². The van der Waals surface area contributed by atoms with Gasteiger partial charge in [0, 0.05) is 0 Å². The molecular weight excluding hydrogens is 507 g/mol. The fourth-order valence-corrected chi connectivity index (χ4v) is 6.78. The Morgan fingerprint density at radius 1 is 0.641 bits per heavy atom. The van der Waals surface area contributed by atoms with Gasteiger partial charge in [0.2, 0.25) is 0 Å². The van der Waals surface area contributed by atoms with Crippen molar-refractivity contribution in [3.8, 4) is 11.5 Å². The van der Waals surface area contributed by atoms with Gasteiger partial charge in [0.1, 0.15) is 5.30 Å². The van der Waals surface area contributed by atoms with E-state index in [4.69, 9.17) is 9.05 Å². The molecule has 6 heteroatoms. The van der Waals surface area contributed by atoms with E-state index in [1.54, 1.807) is 12.1 Å². The third kappa shape index (κ3) is 5.96. The van der Waals surface area contributed by atoms with Crippen LogP contribution in [-0.4, -0.2) is 23.4 Å². The van der Waals surface area contributed by atoms with E-state index >= 15 is 0 Å². The topological polar surface area (TPSA) is 76.0 Å². The highest BCUT2D eigenvalue weighted by Gasteiger charge is 2.42. The third-order valence-corrected chi connectivity index (χ3v) is 8.48. The van der Waals surface area contributed by atoms with Crippen LogP contribution in [-0.2, 0) is 19.0 Å². The molecule has 0 spiro atoms. The van der Waals surface area contributed by atoms with E-state index in [1.807, 2.05) is 119 Å². The predicted octanol–water partition coefficient (Wildman–Crippen LogP) is 7.64. The van der Waals surface area contributed by atoms with Crippen molar-refractivity contribution in [1.82, 2.24) is 0 Å². The van der Waals surface area contributed by atoms with Gasteiger partial charge in [-0.25, -0.2) is 0 Å². The molecule has 0 fully saturated rings. The lowest BCUT2D eigenvalue weighted by atomic mass is 9.65. The third-order valence-electron chi connectivity index (χ3n) is 6.57. The second kappa shape index (κ2) is 12.2. The normalized spacial score (nSPS) is 12.3. The first-order chi connectivity index (χ1) is 18.7. The van der Waals surface area contributed by atoms with E-state index in [1.165, 1.54) is 0 Å². The minimum Gasteiger partial charge on any atom is -0.504 e. The van der Waals surface area contributed by atoms with Crippen LogP contribution in [0.1, 0.15) is 49.9 Å².